The van der Waals surface area contributed by atoms with Gasteiger partial charge in [0.15, 0.2) is 5.96 Å². The van der Waals surface area contributed by atoms with Crippen molar-refractivity contribution in [2.75, 3.05) is 6.54 Å². The second-order valence-electron chi connectivity index (χ2n) is 3.52. The molecule has 5 heteroatoms. The number of guanidine groups is 1. The molecule has 0 saturated carbocycles. The van der Waals surface area contributed by atoms with E-state index in [1.165, 1.54) is 7.76 Å². The minimum Gasteiger partial charge on any atom is -0.370 e. The lowest BCUT2D eigenvalue weighted by atomic mass is 10.3. The zero-order chi connectivity index (χ0) is 11.3. The Bertz CT molecular complexity index is 333. The quantitative estimate of drug-likeness (QED) is 0.503. The van der Waals surface area contributed by atoms with Crippen LogP contribution in [-0.4, -0.2) is 18.5 Å². The summed E-state index contributed by atoms with van der Waals surface area (Å²) < 4.78 is 1.32. The van der Waals surface area contributed by atoms with E-state index in [2.05, 4.69) is 45.0 Å². The van der Waals surface area contributed by atoms with E-state index in [9.17, 15) is 0 Å². The summed E-state index contributed by atoms with van der Waals surface area (Å²) in [5.74, 6) is 0.538. The number of rotatable bonds is 4. The molecule has 0 saturated heterocycles. The van der Waals surface area contributed by atoms with Crippen LogP contribution in [0, 0.1) is 2.88 Å². The van der Waals surface area contributed by atoms with Crippen LogP contribution in [0.5, 0.6) is 0 Å². The predicted molar refractivity (Wildman–Crippen MR) is 75.5 cm³/mol. The molecule has 0 atom stereocenters. The highest BCUT2D eigenvalue weighted by Gasteiger charge is 1.98. The summed E-state index contributed by atoms with van der Waals surface area (Å²) in [7, 11) is 0. The Balaban J connectivity index is 2.32. The van der Waals surface area contributed by atoms with E-state index in [1.54, 1.807) is 0 Å². The van der Waals surface area contributed by atoms with Crippen LogP contribution >= 0.6 is 33.9 Å². The van der Waals surface area contributed by atoms with Gasteiger partial charge in [-0.15, -0.1) is 11.3 Å². The fourth-order valence-electron chi connectivity index (χ4n) is 1.11. The van der Waals surface area contributed by atoms with Gasteiger partial charge in [-0.05, 0) is 48.6 Å². The standard InChI is InChI=1S/C10H16IN3S/c1-7(2)14-10(12)13-6-5-8-3-4-9(11)15-8/h3-4,7H,5-6H2,1-2H3,(H3,12,13,14). The second-order valence-corrected chi connectivity index (χ2v) is 6.58. The molecule has 1 aromatic heterocycles. The SMILES string of the molecule is CC(C)NC(N)=NCCc1ccc(I)s1. The van der Waals surface area contributed by atoms with Gasteiger partial charge in [0.1, 0.15) is 0 Å². The van der Waals surface area contributed by atoms with Gasteiger partial charge in [-0.3, -0.25) is 4.99 Å². The van der Waals surface area contributed by atoms with Crippen molar-refractivity contribution in [3.63, 3.8) is 0 Å². The van der Waals surface area contributed by atoms with Crippen LogP contribution in [-0.2, 0) is 6.42 Å². The van der Waals surface area contributed by atoms with E-state index in [0.29, 0.717) is 12.0 Å². The molecule has 0 aromatic carbocycles. The summed E-state index contributed by atoms with van der Waals surface area (Å²) in [4.78, 5) is 5.62. The Kier molecular flexibility index (Phi) is 5.38. The molecule has 15 heavy (non-hydrogen) atoms. The third-order valence-corrected chi connectivity index (χ3v) is 3.66. The maximum atomic E-state index is 5.68. The number of nitrogens with one attached hydrogen (secondary N) is 1. The monoisotopic (exact) mass is 337 g/mol. The normalized spacial score (nSPS) is 12.1. The number of hydrogen-bond donors (Lipinski definition) is 2. The summed E-state index contributed by atoms with van der Waals surface area (Å²) in [6.45, 7) is 4.84. The van der Waals surface area contributed by atoms with E-state index >= 15 is 0 Å². The van der Waals surface area contributed by atoms with Crippen molar-refractivity contribution in [3.05, 3.63) is 19.9 Å². The van der Waals surface area contributed by atoms with E-state index in [-0.39, 0.29) is 0 Å². The lowest BCUT2D eigenvalue weighted by molar-refractivity contribution is 0.723. The Morgan fingerprint density at radius 2 is 2.33 bits per heavy atom. The third-order valence-electron chi connectivity index (χ3n) is 1.71. The van der Waals surface area contributed by atoms with Crippen LogP contribution < -0.4 is 11.1 Å². The Labute approximate surface area is 108 Å². The highest BCUT2D eigenvalue weighted by molar-refractivity contribution is 14.1. The number of nitrogens with zero attached hydrogens (tertiary/aromatic N) is 1. The summed E-state index contributed by atoms with van der Waals surface area (Å²) in [6.07, 6.45) is 0.966. The summed E-state index contributed by atoms with van der Waals surface area (Å²) in [5, 5.41) is 3.06. The molecule has 1 rings (SSSR count). The number of thiophene rings is 1. The van der Waals surface area contributed by atoms with Crippen LogP contribution in [0.15, 0.2) is 17.1 Å². The van der Waals surface area contributed by atoms with E-state index in [4.69, 9.17) is 5.73 Å². The fourth-order valence-corrected chi connectivity index (χ4v) is 2.86. The van der Waals surface area contributed by atoms with Gasteiger partial charge in [0.25, 0.3) is 0 Å². The van der Waals surface area contributed by atoms with Crippen molar-refractivity contribution in [1.82, 2.24) is 5.32 Å². The first-order chi connectivity index (χ1) is 7.08. The molecule has 3 nitrogen and oxygen atoms in total. The van der Waals surface area contributed by atoms with Crippen LogP contribution in [0.3, 0.4) is 0 Å². The fraction of sp³-hybridized carbons (Fsp3) is 0.500. The average Bonchev–Trinajstić information content (AvgIpc) is 2.50. The average molecular weight is 337 g/mol. The molecular formula is C10H16IN3S. The first-order valence-corrected chi connectivity index (χ1v) is 6.78. The zero-order valence-corrected chi connectivity index (χ0v) is 11.9. The Morgan fingerprint density at radius 1 is 1.60 bits per heavy atom. The van der Waals surface area contributed by atoms with E-state index in [1.807, 2.05) is 25.2 Å². The van der Waals surface area contributed by atoms with Gasteiger partial charge in [-0.2, -0.15) is 0 Å². The molecule has 1 aromatic rings. The topological polar surface area (TPSA) is 50.4 Å². The molecule has 1 heterocycles. The number of hydrogen-bond acceptors (Lipinski definition) is 2. The maximum absolute atomic E-state index is 5.68. The lowest BCUT2D eigenvalue weighted by Gasteiger charge is -2.07. The highest BCUT2D eigenvalue weighted by atomic mass is 127. The van der Waals surface area contributed by atoms with Crippen molar-refractivity contribution in [2.24, 2.45) is 10.7 Å². The molecule has 0 unspecified atom stereocenters. The van der Waals surface area contributed by atoms with Gasteiger partial charge in [0.2, 0.25) is 0 Å². The van der Waals surface area contributed by atoms with Crippen LogP contribution in [0.4, 0.5) is 0 Å². The van der Waals surface area contributed by atoms with Gasteiger partial charge < -0.3 is 11.1 Å². The molecule has 84 valence electrons. The van der Waals surface area contributed by atoms with Crippen molar-refractivity contribution in [3.8, 4) is 0 Å². The summed E-state index contributed by atoms with van der Waals surface area (Å²) >= 11 is 4.14. The molecule has 0 aliphatic carbocycles. The van der Waals surface area contributed by atoms with Crippen LogP contribution in [0.1, 0.15) is 18.7 Å². The summed E-state index contributed by atoms with van der Waals surface area (Å²) in [6, 6.07) is 4.62. The number of nitrogens with two attached hydrogens (primary N) is 1. The van der Waals surface area contributed by atoms with Gasteiger partial charge in [0.05, 0.1) is 2.88 Å². The van der Waals surface area contributed by atoms with Gasteiger partial charge in [0, 0.05) is 23.9 Å². The lowest BCUT2D eigenvalue weighted by Crippen LogP contribution is -2.36. The van der Waals surface area contributed by atoms with Gasteiger partial charge in [-0.1, -0.05) is 0 Å². The predicted octanol–water partition coefficient (Wildman–Crippen LogP) is 2.21. The molecule has 0 bridgehead atoms. The first kappa shape index (κ1) is 12.8. The summed E-state index contributed by atoms with van der Waals surface area (Å²) in [5.41, 5.74) is 5.68. The largest absolute Gasteiger partial charge is 0.370 e. The molecule has 3 N–H and O–H groups in total. The smallest absolute Gasteiger partial charge is 0.188 e. The van der Waals surface area contributed by atoms with E-state index in [0.717, 1.165) is 13.0 Å². The molecule has 0 aliphatic rings. The number of aliphatic imine (C=N–C) groups is 1. The minimum atomic E-state index is 0.344. The second kappa shape index (κ2) is 6.32. The Morgan fingerprint density at radius 3 is 2.87 bits per heavy atom. The molecule has 0 spiro atoms. The van der Waals surface area contributed by atoms with Crippen LogP contribution in [0.2, 0.25) is 0 Å². The maximum Gasteiger partial charge on any atom is 0.188 e. The Hall–Kier alpha value is -0.300. The van der Waals surface area contributed by atoms with Gasteiger partial charge >= 0.3 is 0 Å². The van der Waals surface area contributed by atoms with Crippen molar-refractivity contribution >= 4 is 39.9 Å². The van der Waals surface area contributed by atoms with Gasteiger partial charge in [-0.25, -0.2) is 0 Å². The van der Waals surface area contributed by atoms with Crippen molar-refractivity contribution in [2.45, 2.75) is 26.3 Å². The van der Waals surface area contributed by atoms with Crippen molar-refractivity contribution in [1.29, 1.82) is 0 Å². The first-order valence-electron chi connectivity index (χ1n) is 4.88. The minimum absolute atomic E-state index is 0.344. The molecule has 0 amide bonds. The van der Waals surface area contributed by atoms with E-state index < -0.39 is 0 Å². The van der Waals surface area contributed by atoms with Crippen LogP contribution in [0.25, 0.3) is 0 Å². The molecule has 0 aliphatic heterocycles. The highest BCUT2D eigenvalue weighted by Crippen LogP contribution is 2.18. The molecular weight excluding hydrogens is 321 g/mol. The number of halogens is 1. The zero-order valence-electron chi connectivity index (χ0n) is 8.96. The molecule has 0 radical (unpaired) electrons. The third kappa shape index (κ3) is 5.36. The molecule has 0 fully saturated rings. The van der Waals surface area contributed by atoms with Crippen molar-refractivity contribution < 1.29 is 0 Å².